The number of nitrogens with zero attached hydrogens (tertiary/aromatic N) is 1. The zero-order chi connectivity index (χ0) is 10.6. The summed E-state index contributed by atoms with van der Waals surface area (Å²) >= 11 is 0. The van der Waals surface area contributed by atoms with Crippen molar-refractivity contribution in [1.29, 1.82) is 0 Å². The molecule has 0 aromatic heterocycles. The lowest BCUT2D eigenvalue weighted by atomic mass is 10.2. The second kappa shape index (κ2) is 4.52. The lowest BCUT2D eigenvalue weighted by molar-refractivity contribution is 0.147. The van der Waals surface area contributed by atoms with Gasteiger partial charge in [-0.15, -0.1) is 4.48 Å². The highest BCUT2D eigenvalue weighted by molar-refractivity contribution is 7.88. The van der Waals surface area contributed by atoms with Crippen LogP contribution >= 0.6 is 0 Å². The van der Waals surface area contributed by atoms with Gasteiger partial charge >= 0.3 is 0 Å². The highest BCUT2D eigenvalue weighted by Crippen LogP contribution is 2.10. The largest absolute Gasteiger partial charge is 0.244 e. The topological polar surface area (TPSA) is 37.4 Å². The maximum Gasteiger partial charge on any atom is 0.244 e. The molecule has 0 saturated heterocycles. The Kier molecular flexibility index (Phi) is 3.60. The van der Waals surface area contributed by atoms with Gasteiger partial charge < -0.3 is 0 Å². The molecule has 0 amide bonds. The van der Waals surface area contributed by atoms with Crippen molar-refractivity contribution < 1.29 is 12.9 Å². The Balaban J connectivity index is 2.79. The standard InChI is InChI=1S/C9H12FNO2S/c1-2-11(10)14(12,13)8-9-6-4-3-5-7-9/h3-7H,2,8H2,1H3. The highest BCUT2D eigenvalue weighted by atomic mass is 32.2. The van der Waals surface area contributed by atoms with E-state index in [0.717, 1.165) is 0 Å². The fourth-order valence-electron chi connectivity index (χ4n) is 1.05. The van der Waals surface area contributed by atoms with Crippen molar-refractivity contribution in [3.63, 3.8) is 0 Å². The summed E-state index contributed by atoms with van der Waals surface area (Å²) in [4.78, 5) is 0. The SMILES string of the molecule is CCN(F)S(=O)(=O)Cc1ccccc1. The number of halogens is 1. The summed E-state index contributed by atoms with van der Waals surface area (Å²) in [6.45, 7) is 1.29. The first-order chi connectivity index (χ1) is 6.56. The lowest BCUT2D eigenvalue weighted by Gasteiger charge is -2.09. The number of benzene rings is 1. The van der Waals surface area contributed by atoms with Crippen LogP contribution in [0.5, 0.6) is 0 Å². The van der Waals surface area contributed by atoms with Gasteiger partial charge in [-0.3, -0.25) is 0 Å². The molecule has 0 saturated carbocycles. The van der Waals surface area contributed by atoms with Crippen LogP contribution in [-0.4, -0.2) is 19.5 Å². The molecule has 0 heterocycles. The van der Waals surface area contributed by atoms with E-state index in [2.05, 4.69) is 0 Å². The van der Waals surface area contributed by atoms with Gasteiger partial charge in [-0.2, -0.15) is 0 Å². The molecule has 0 unspecified atom stereocenters. The van der Waals surface area contributed by atoms with Gasteiger partial charge in [0.05, 0.1) is 5.75 Å². The van der Waals surface area contributed by atoms with E-state index in [1.54, 1.807) is 30.3 Å². The Morgan fingerprint density at radius 3 is 2.36 bits per heavy atom. The molecule has 0 aliphatic heterocycles. The summed E-state index contributed by atoms with van der Waals surface area (Å²) in [6, 6.07) is 8.53. The summed E-state index contributed by atoms with van der Waals surface area (Å²) in [5.41, 5.74) is 0.587. The molecule has 78 valence electrons. The van der Waals surface area contributed by atoms with Gasteiger partial charge in [0.2, 0.25) is 10.0 Å². The second-order valence-corrected chi connectivity index (χ2v) is 4.69. The van der Waals surface area contributed by atoms with E-state index >= 15 is 0 Å². The fourth-order valence-corrected chi connectivity index (χ4v) is 2.20. The number of hydrogen-bond donors (Lipinski definition) is 0. The molecule has 5 heteroatoms. The van der Waals surface area contributed by atoms with Gasteiger partial charge in [-0.05, 0) is 17.0 Å². The van der Waals surface area contributed by atoms with Crippen LogP contribution in [0.25, 0.3) is 0 Å². The highest BCUT2D eigenvalue weighted by Gasteiger charge is 2.20. The first-order valence-corrected chi connectivity index (χ1v) is 5.87. The van der Waals surface area contributed by atoms with Crippen LogP contribution in [0.1, 0.15) is 12.5 Å². The third-order valence-corrected chi connectivity index (χ3v) is 3.30. The Hall–Kier alpha value is -0.940. The molecule has 0 N–H and O–H groups in total. The predicted octanol–water partition coefficient (Wildman–Crippen LogP) is 1.72. The fraction of sp³-hybridized carbons (Fsp3) is 0.333. The third kappa shape index (κ3) is 2.78. The average molecular weight is 217 g/mol. The van der Waals surface area contributed by atoms with Crippen molar-refractivity contribution in [2.75, 3.05) is 6.54 Å². The van der Waals surface area contributed by atoms with Crippen molar-refractivity contribution in [3.05, 3.63) is 35.9 Å². The monoisotopic (exact) mass is 217 g/mol. The molecule has 0 bridgehead atoms. The molecule has 14 heavy (non-hydrogen) atoms. The molecular formula is C9H12FNO2S. The number of rotatable bonds is 4. The molecule has 0 fully saturated rings. The van der Waals surface area contributed by atoms with Gasteiger partial charge in [0.15, 0.2) is 0 Å². The quantitative estimate of drug-likeness (QED) is 0.720. The van der Waals surface area contributed by atoms with E-state index in [-0.39, 0.29) is 16.8 Å². The van der Waals surface area contributed by atoms with Crippen molar-refractivity contribution in [1.82, 2.24) is 4.53 Å². The lowest BCUT2D eigenvalue weighted by Crippen LogP contribution is -2.24. The average Bonchev–Trinajstić information content (AvgIpc) is 2.17. The number of sulfonamides is 1. The van der Waals surface area contributed by atoms with Gasteiger partial charge in [0.1, 0.15) is 0 Å². The Morgan fingerprint density at radius 2 is 1.86 bits per heavy atom. The van der Waals surface area contributed by atoms with Crippen molar-refractivity contribution in [2.45, 2.75) is 12.7 Å². The van der Waals surface area contributed by atoms with Crippen molar-refractivity contribution >= 4 is 10.0 Å². The van der Waals surface area contributed by atoms with Crippen LogP contribution in [0, 0.1) is 0 Å². The molecule has 1 aromatic carbocycles. The first-order valence-electron chi connectivity index (χ1n) is 4.26. The number of hydrogen-bond acceptors (Lipinski definition) is 2. The predicted molar refractivity (Wildman–Crippen MR) is 52.6 cm³/mol. The molecule has 1 rings (SSSR count). The van der Waals surface area contributed by atoms with Crippen LogP contribution in [0.15, 0.2) is 30.3 Å². The molecule has 1 aromatic rings. The van der Waals surface area contributed by atoms with Crippen LogP contribution in [-0.2, 0) is 15.8 Å². The van der Waals surface area contributed by atoms with E-state index in [4.69, 9.17) is 0 Å². The minimum Gasteiger partial charge on any atom is -0.210 e. The molecule has 0 aliphatic rings. The maximum atomic E-state index is 12.8. The van der Waals surface area contributed by atoms with Crippen LogP contribution in [0.2, 0.25) is 0 Å². The Labute approximate surface area is 83.1 Å². The van der Waals surface area contributed by atoms with Gasteiger partial charge in [-0.1, -0.05) is 30.3 Å². The molecule has 0 aliphatic carbocycles. The Bertz CT molecular complexity index is 377. The molecule has 0 radical (unpaired) electrons. The van der Waals surface area contributed by atoms with Crippen molar-refractivity contribution in [3.8, 4) is 0 Å². The zero-order valence-electron chi connectivity index (χ0n) is 7.85. The summed E-state index contributed by atoms with van der Waals surface area (Å²) in [7, 11) is -3.80. The van der Waals surface area contributed by atoms with Gasteiger partial charge in [0.25, 0.3) is 0 Å². The summed E-state index contributed by atoms with van der Waals surface area (Å²) in [6.07, 6.45) is 0. The van der Waals surface area contributed by atoms with Crippen LogP contribution < -0.4 is 0 Å². The van der Waals surface area contributed by atoms with Gasteiger partial charge in [0, 0.05) is 6.54 Å². The van der Waals surface area contributed by atoms with E-state index in [1.165, 1.54) is 6.92 Å². The van der Waals surface area contributed by atoms with E-state index in [0.29, 0.717) is 5.56 Å². The Morgan fingerprint density at radius 1 is 1.29 bits per heavy atom. The summed E-state index contributed by atoms with van der Waals surface area (Å²) in [5, 5.41) is 0. The zero-order valence-corrected chi connectivity index (χ0v) is 8.67. The van der Waals surface area contributed by atoms with Crippen LogP contribution in [0.3, 0.4) is 0 Å². The minimum atomic E-state index is -3.80. The summed E-state index contributed by atoms with van der Waals surface area (Å²) < 4.78 is 35.3. The van der Waals surface area contributed by atoms with Crippen molar-refractivity contribution in [2.24, 2.45) is 0 Å². The van der Waals surface area contributed by atoms with Gasteiger partial charge in [-0.25, -0.2) is 8.42 Å². The van der Waals surface area contributed by atoms with E-state index in [1.807, 2.05) is 0 Å². The molecule has 0 spiro atoms. The third-order valence-electron chi connectivity index (χ3n) is 1.74. The molecule has 0 atom stereocenters. The van der Waals surface area contributed by atoms with E-state index < -0.39 is 10.0 Å². The second-order valence-electron chi connectivity index (χ2n) is 2.85. The summed E-state index contributed by atoms with van der Waals surface area (Å²) in [5.74, 6) is -0.293. The normalized spacial score (nSPS) is 11.9. The minimum absolute atomic E-state index is 0.139. The maximum absolute atomic E-state index is 12.8. The molecule has 3 nitrogen and oxygen atoms in total. The smallest absolute Gasteiger partial charge is 0.210 e. The molecular weight excluding hydrogens is 205 g/mol. The first kappa shape index (κ1) is 11.1. The van der Waals surface area contributed by atoms with Crippen LogP contribution in [0.4, 0.5) is 4.48 Å². The van der Waals surface area contributed by atoms with E-state index in [9.17, 15) is 12.9 Å².